The van der Waals surface area contributed by atoms with Crippen molar-refractivity contribution in [2.24, 2.45) is 28.1 Å². The predicted molar refractivity (Wildman–Crippen MR) is 140 cm³/mol. The van der Waals surface area contributed by atoms with Crippen LogP contribution in [-0.4, -0.2) is 81.7 Å². The number of carboxylic acid groups (broad SMARTS) is 2. The summed E-state index contributed by atoms with van der Waals surface area (Å²) in [5, 5.41) is 35.3. The number of benzene rings is 1. The van der Waals surface area contributed by atoms with Crippen LogP contribution in [-0.2, 0) is 30.4 Å². The van der Waals surface area contributed by atoms with E-state index in [0.29, 0.717) is 5.56 Å². The normalized spacial score (nSPS) is 13.8. The van der Waals surface area contributed by atoms with E-state index in [1.54, 1.807) is 13.8 Å². The van der Waals surface area contributed by atoms with E-state index in [0.717, 1.165) is 0 Å². The average molecular weight is 552 g/mol. The molecule has 4 atom stereocenters. The van der Waals surface area contributed by atoms with E-state index in [1.165, 1.54) is 24.3 Å². The number of amides is 3. The molecule has 39 heavy (non-hydrogen) atoms. The Labute approximate surface area is 225 Å². The lowest BCUT2D eigenvalue weighted by Gasteiger charge is -2.27. The number of carbonyl (C=O) groups excluding carboxylic acids is 3. The van der Waals surface area contributed by atoms with Crippen LogP contribution < -0.4 is 33.2 Å². The average Bonchev–Trinajstić information content (AvgIpc) is 2.83. The first kappa shape index (κ1) is 32.6. The molecule has 0 bridgehead atoms. The Kier molecular flexibility index (Phi) is 13.2. The van der Waals surface area contributed by atoms with Crippen LogP contribution in [0.3, 0.4) is 0 Å². The zero-order valence-corrected chi connectivity index (χ0v) is 21.8. The topological polar surface area (TPSA) is 273 Å². The van der Waals surface area contributed by atoms with Crippen molar-refractivity contribution in [1.29, 1.82) is 0 Å². The fourth-order valence-corrected chi connectivity index (χ4v) is 3.45. The molecule has 0 aliphatic carbocycles. The highest BCUT2D eigenvalue weighted by molar-refractivity contribution is 5.95. The van der Waals surface area contributed by atoms with Crippen molar-refractivity contribution in [1.82, 2.24) is 16.0 Å². The maximum absolute atomic E-state index is 13.2. The number of guanidine groups is 1. The molecule has 1 rings (SSSR count). The Morgan fingerprint density at radius 1 is 0.897 bits per heavy atom. The van der Waals surface area contributed by atoms with Gasteiger partial charge in [0.15, 0.2) is 5.96 Å². The molecule has 1 aromatic carbocycles. The van der Waals surface area contributed by atoms with E-state index < -0.39 is 66.2 Å². The minimum absolute atomic E-state index is 0.0184. The number of aliphatic carboxylic acids is 2. The lowest BCUT2D eigenvalue weighted by atomic mass is 10.00. The molecule has 0 fully saturated rings. The zero-order chi connectivity index (χ0) is 29.7. The first-order valence-corrected chi connectivity index (χ1v) is 12.2. The minimum Gasteiger partial charge on any atom is -0.508 e. The maximum atomic E-state index is 13.2. The van der Waals surface area contributed by atoms with Gasteiger partial charge < -0.3 is 48.5 Å². The highest BCUT2D eigenvalue weighted by Crippen LogP contribution is 2.13. The van der Waals surface area contributed by atoms with Crippen molar-refractivity contribution in [3.63, 3.8) is 0 Å². The van der Waals surface area contributed by atoms with Crippen molar-refractivity contribution < 1.29 is 39.3 Å². The van der Waals surface area contributed by atoms with Gasteiger partial charge in [-0.2, -0.15) is 0 Å². The fraction of sp³-hybridized carbons (Fsp3) is 0.500. The molecule has 0 aliphatic heterocycles. The summed E-state index contributed by atoms with van der Waals surface area (Å²) in [7, 11) is 0. The number of carboxylic acids is 2. The number of aliphatic imine (C=N–C) groups is 1. The third-order valence-corrected chi connectivity index (χ3v) is 5.55. The summed E-state index contributed by atoms with van der Waals surface area (Å²) in [5.74, 6) is -5.68. The van der Waals surface area contributed by atoms with E-state index in [2.05, 4.69) is 20.9 Å². The number of hydrogen-bond donors (Lipinski definition) is 9. The van der Waals surface area contributed by atoms with Gasteiger partial charge in [-0.1, -0.05) is 26.0 Å². The van der Waals surface area contributed by atoms with Gasteiger partial charge in [-0.15, -0.1) is 0 Å². The number of phenolic OH excluding ortho intramolecular Hbond substituents is 1. The Bertz CT molecular complexity index is 1040. The van der Waals surface area contributed by atoms with E-state index in [-0.39, 0.29) is 37.5 Å². The van der Waals surface area contributed by atoms with Crippen LogP contribution in [0, 0.1) is 5.92 Å². The van der Waals surface area contributed by atoms with Crippen LogP contribution in [0.4, 0.5) is 0 Å². The molecule has 0 heterocycles. The van der Waals surface area contributed by atoms with Crippen LogP contribution in [0.15, 0.2) is 29.3 Å². The second-order valence-electron chi connectivity index (χ2n) is 9.21. The Hall–Kier alpha value is -4.40. The van der Waals surface area contributed by atoms with Crippen LogP contribution in [0.1, 0.15) is 38.7 Å². The van der Waals surface area contributed by atoms with Crippen molar-refractivity contribution in [3.05, 3.63) is 29.8 Å². The summed E-state index contributed by atoms with van der Waals surface area (Å²) in [6.07, 6.45) is -0.453. The molecule has 15 heteroatoms. The molecule has 3 amide bonds. The summed E-state index contributed by atoms with van der Waals surface area (Å²) < 4.78 is 0. The summed E-state index contributed by atoms with van der Waals surface area (Å²) in [6, 6.07) is 0.646. The van der Waals surface area contributed by atoms with Gasteiger partial charge in [-0.25, -0.2) is 4.79 Å². The lowest BCUT2D eigenvalue weighted by Crippen LogP contribution is -2.59. The number of hydrogen-bond acceptors (Lipinski definition) is 8. The molecular weight excluding hydrogens is 514 g/mol. The molecule has 0 radical (unpaired) electrons. The summed E-state index contributed by atoms with van der Waals surface area (Å²) >= 11 is 0. The summed E-state index contributed by atoms with van der Waals surface area (Å²) in [4.78, 5) is 65.1. The van der Waals surface area contributed by atoms with Gasteiger partial charge >= 0.3 is 11.9 Å². The molecular formula is C24H37N7O8. The van der Waals surface area contributed by atoms with E-state index in [9.17, 15) is 34.2 Å². The number of rotatable bonds is 16. The van der Waals surface area contributed by atoms with Crippen molar-refractivity contribution in [3.8, 4) is 5.75 Å². The molecule has 0 aromatic heterocycles. The Morgan fingerprint density at radius 3 is 2.00 bits per heavy atom. The molecule has 12 N–H and O–H groups in total. The number of phenols is 1. The molecule has 0 saturated heterocycles. The van der Waals surface area contributed by atoms with Crippen molar-refractivity contribution in [2.45, 2.75) is 63.7 Å². The second kappa shape index (κ2) is 15.8. The van der Waals surface area contributed by atoms with Crippen molar-refractivity contribution in [2.75, 3.05) is 6.54 Å². The SMILES string of the molecule is CC(C)C(NC(=O)C(Cc1ccc(O)cc1)NC(=O)C(N)CC(=O)O)C(=O)NC(CCCN=C(N)N)C(=O)O. The number of carbonyl (C=O) groups is 5. The first-order chi connectivity index (χ1) is 18.2. The van der Waals surface area contributed by atoms with Crippen LogP contribution in [0.25, 0.3) is 0 Å². The fourth-order valence-electron chi connectivity index (χ4n) is 3.45. The van der Waals surface area contributed by atoms with E-state index >= 15 is 0 Å². The van der Waals surface area contributed by atoms with Gasteiger partial charge in [-0.3, -0.25) is 24.2 Å². The largest absolute Gasteiger partial charge is 0.508 e. The molecule has 0 spiro atoms. The van der Waals surface area contributed by atoms with Gasteiger partial charge in [0.05, 0.1) is 12.5 Å². The van der Waals surface area contributed by atoms with Gasteiger partial charge in [-0.05, 0) is 36.5 Å². The summed E-state index contributed by atoms with van der Waals surface area (Å²) in [6.45, 7) is 3.43. The molecule has 216 valence electrons. The third-order valence-electron chi connectivity index (χ3n) is 5.55. The first-order valence-electron chi connectivity index (χ1n) is 12.2. The van der Waals surface area contributed by atoms with Crippen LogP contribution in [0.5, 0.6) is 5.75 Å². The van der Waals surface area contributed by atoms with Gasteiger partial charge in [0, 0.05) is 13.0 Å². The van der Waals surface area contributed by atoms with Crippen molar-refractivity contribution >= 4 is 35.6 Å². The standard InChI is InChI=1S/C24H37N7O8/c1-12(2)19(22(37)29-16(23(38)39)4-3-9-28-24(26)27)31-21(36)17(10-13-5-7-14(32)8-6-13)30-20(35)15(25)11-18(33)34/h5-8,12,15-17,19,32H,3-4,9-11,25H2,1-2H3,(H,29,37)(H,30,35)(H,31,36)(H,33,34)(H,38,39)(H4,26,27,28). The zero-order valence-electron chi connectivity index (χ0n) is 21.8. The van der Waals surface area contributed by atoms with Gasteiger partial charge in [0.1, 0.15) is 23.9 Å². The summed E-state index contributed by atoms with van der Waals surface area (Å²) in [5.41, 5.74) is 16.7. The molecule has 1 aromatic rings. The molecule has 0 saturated carbocycles. The second-order valence-corrected chi connectivity index (χ2v) is 9.21. The van der Waals surface area contributed by atoms with Crippen LogP contribution >= 0.6 is 0 Å². The van der Waals surface area contributed by atoms with Gasteiger partial charge in [0.25, 0.3) is 0 Å². The molecule has 0 aliphatic rings. The number of aromatic hydroxyl groups is 1. The monoisotopic (exact) mass is 551 g/mol. The Morgan fingerprint density at radius 2 is 1.49 bits per heavy atom. The molecule has 15 nitrogen and oxygen atoms in total. The van der Waals surface area contributed by atoms with E-state index in [4.69, 9.17) is 22.3 Å². The number of nitrogens with one attached hydrogen (secondary N) is 3. The third kappa shape index (κ3) is 12.1. The quantitative estimate of drug-likeness (QED) is 0.0614. The molecule has 4 unspecified atom stereocenters. The van der Waals surface area contributed by atoms with Gasteiger partial charge in [0.2, 0.25) is 17.7 Å². The lowest BCUT2D eigenvalue weighted by molar-refractivity contribution is -0.142. The number of nitrogens with two attached hydrogens (primary N) is 3. The number of nitrogens with zero attached hydrogens (tertiary/aromatic N) is 1. The highest BCUT2D eigenvalue weighted by atomic mass is 16.4. The smallest absolute Gasteiger partial charge is 0.326 e. The minimum atomic E-state index is -1.43. The van der Waals surface area contributed by atoms with E-state index in [1.807, 2.05) is 0 Å². The Balaban J connectivity index is 3.06. The maximum Gasteiger partial charge on any atom is 0.326 e. The van der Waals surface area contributed by atoms with Crippen LogP contribution in [0.2, 0.25) is 0 Å². The predicted octanol–water partition coefficient (Wildman–Crippen LogP) is -2.01. The highest BCUT2D eigenvalue weighted by Gasteiger charge is 2.32.